The lowest BCUT2D eigenvalue weighted by Crippen LogP contribution is -2.35. The number of carbonyl (C=O) groups is 2. The van der Waals surface area contributed by atoms with Gasteiger partial charge in [-0.3, -0.25) is 14.9 Å². The summed E-state index contributed by atoms with van der Waals surface area (Å²) in [7, 11) is 0. The maximum atomic E-state index is 12.4. The first kappa shape index (κ1) is 22.4. The minimum atomic E-state index is -0.342. The molecule has 0 saturated heterocycles. The molecule has 0 fully saturated rings. The standard InChI is InChI=1S/C22H27N3O3S/c1-4-13-23-21(27)18-7-5-6-8-19(18)24-22(29)25-20(26)16-9-11-17(12-10-16)28-14-15(2)3/h5-12,15H,4,13-14H2,1-3H3,(H,23,27)(H2,24,25,26,29). The van der Waals surface area contributed by atoms with Gasteiger partial charge in [0.25, 0.3) is 11.8 Å². The Morgan fingerprint density at radius 1 is 1.03 bits per heavy atom. The number of hydrogen-bond donors (Lipinski definition) is 3. The van der Waals surface area contributed by atoms with Gasteiger partial charge in [-0.05, 0) is 61.0 Å². The number of amides is 2. The van der Waals surface area contributed by atoms with Gasteiger partial charge in [0.2, 0.25) is 0 Å². The number of benzene rings is 2. The molecular formula is C22H27N3O3S. The monoisotopic (exact) mass is 413 g/mol. The molecule has 7 heteroatoms. The average Bonchev–Trinajstić information content (AvgIpc) is 2.71. The van der Waals surface area contributed by atoms with Crippen molar-refractivity contribution in [2.75, 3.05) is 18.5 Å². The van der Waals surface area contributed by atoms with Crippen LogP contribution in [-0.2, 0) is 0 Å². The van der Waals surface area contributed by atoms with Gasteiger partial charge in [0.15, 0.2) is 5.11 Å². The largest absolute Gasteiger partial charge is 0.493 e. The number of hydrogen-bond acceptors (Lipinski definition) is 4. The minimum Gasteiger partial charge on any atom is -0.493 e. The Morgan fingerprint density at radius 3 is 2.38 bits per heavy atom. The van der Waals surface area contributed by atoms with Crippen molar-refractivity contribution in [3.63, 3.8) is 0 Å². The second kappa shape index (κ2) is 11.2. The van der Waals surface area contributed by atoms with Crippen molar-refractivity contribution in [3.8, 4) is 5.75 Å². The average molecular weight is 414 g/mol. The number of para-hydroxylation sites is 1. The molecule has 154 valence electrons. The molecule has 0 aliphatic carbocycles. The van der Waals surface area contributed by atoms with Gasteiger partial charge in [0, 0.05) is 12.1 Å². The molecule has 2 rings (SSSR count). The van der Waals surface area contributed by atoms with Crippen molar-refractivity contribution in [1.29, 1.82) is 0 Å². The Hall–Kier alpha value is -2.93. The maximum Gasteiger partial charge on any atom is 0.257 e. The molecule has 0 atom stereocenters. The SMILES string of the molecule is CCCNC(=O)c1ccccc1NC(=S)NC(=O)c1ccc(OCC(C)C)cc1. The van der Waals surface area contributed by atoms with Crippen LogP contribution in [-0.4, -0.2) is 30.1 Å². The summed E-state index contributed by atoms with van der Waals surface area (Å²) in [6.45, 7) is 7.33. The van der Waals surface area contributed by atoms with E-state index in [4.69, 9.17) is 17.0 Å². The molecule has 6 nitrogen and oxygen atoms in total. The topological polar surface area (TPSA) is 79.5 Å². The van der Waals surface area contributed by atoms with Crippen LogP contribution in [0.25, 0.3) is 0 Å². The maximum absolute atomic E-state index is 12.4. The fourth-order valence-corrected chi connectivity index (χ4v) is 2.62. The molecule has 0 unspecified atom stereocenters. The van der Waals surface area contributed by atoms with E-state index in [0.29, 0.717) is 41.6 Å². The van der Waals surface area contributed by atoms with E-state index in [2.05, 4.69) is 29.8 Å². The Bertz CT molecular complexity index is 851. The zero-order valence-corrected chi connectivity index (χ0v) is 17.8. The van der Waals surface area contributed by atoms with Crippen LogP contribution >= 0.6 is 12.2 Å². The first-order valence-corrected chi connectivity index (χ1v) is 10.0. The first-order chi connectivity index (χ1) is 13.9. The highest BCUT2D eigenvalue weighted by atomic mass is 32.1. The van der Waals surface area contributed by atoms with Crippen molar-refractivity contribution < 1.29 is 14.3 Å². The molecular weight excluding hydrogens is 386 g/mol. The van der Waals surface area contributed by atoms with Crippen molar-refractivity contribution in [3.05, 3.63) is 59.7 Å². The fourth-order valence-electron chi connectivity index (χ4n) is 2.42. The van der Waals surface area contributed by atoms with Crippen molar-refractivity contribution in [1.82, 2.24) is 10.6 Å². The number of carbonyl (C=O) groups excluding carboxylic acids is 2. The third-order valence-electron chi connectivity index (χ3n) is 3.88. The zero-order valence-electron chi connectivity index (χ0n) is 17.0. The third-order valence-corrected chi connectivity index (χ3v) is 4.09. The number of thiocarbonyl (C=S) groups is 1. The predicted molar refractivity (Wildman–Crippen MR) is 120 cm³/mol. The lowest BCUT2D eigenvalue weighted by atomic mass is 10.1. The molecule has 0 saturated carbocycles. The lowest BCUT2D eigenvalue weighted by molar-refractivity contribution is 0.0952. The Labute approximate surface area is 177 Å². The van der Waals surface area contributed by atoms with Crippen molar-refractivity contribution >= 4 is 34.8 Å². The summed E-state index contributed by atoms with van der Waals surface area (Å²) in [6, 6.07) is 13.9. The predicted octanol–water partition coefficient (Wildman–Crippen LogP) is 3.99. The number of ether oxygens (including phenoxy) is 1. The Balaban J connectivity index is 1.97. The summed E-state index contributed by atoms with van der Waals surface area (Å²) < 4.78 is 5.62. The molecule has 3 N–H and O–H groups in total. The summed E-state index contributed by atoms with van der Waals surface area (Å²) >= 11 is 5.24. The third kappa shape index (κ3) is 7.19. The highest BCUT2D eigenvalue weighted by Gasteiger charge is 2.13. The summed E-state index contributed by atoms with van der Waals surface area (Å²) in [6.07, 6.45) is 0.844. The van der Waals surface area contributed by atoms with Crippen LogP contribution in [0.1, 0.15) is 47.9 Å². The second-order valence-corrected chi connectivity index (χ2v) is 7.35. The van der Waals surface area contributed by atoms with Crippen LogP contribution < -0.4 is 20.7 Å². The van der Waals surface area contributed by atoms with Crippen LogP contribution in [0.3, 0.4) is 0 Å². The van der Waals surface area contributed by atoms with Crippen LogP contribution in [0, 0.1) is 5.92 Å². The van der Waals surface area contributed by atoms with Crippen LogP contribution in [0.15, 0.2) is 48.5 Å². The van der Waals surface area contributed by atoms with Crippen molar-refractivity contribution in [2.45, 2.75) is 27.2 Å². The van der Waals surface area contributed by atoms with Gasteiger partial charge < -0.3 is 15.4 Å². The van der Waals surface area contributed by atoms with E-state index < -0.39 is 0 Å². The summed E-state index contributed by atoms with van der Waals surface area (Å²) in [5.74, 6) is 0.600. The number of nitrogens with one attached hydrogen (secondary N) is 3. The second-order valence-electron chi connectivity index (χ2n) is 6.94. The van der Waals surface area contributed by atoms with E-state index in [0.717, 1.165) is 6.42 Å². The molecule has 2 aromatic rings. The fraction of sp³-hybridized carbons (Fsp3) is 0.318. The Kier molecular flexibility index (Phi) is 8.61. The van der Waals surface area contributed by atoms with Gasteiger partial charge in [0.1, 0.15) is 5.75 Å². The van der Waals surface area contributed by atoms with E-state index in [-0.39, 0.29) is 16.9 Å². The molecule has 2 aromatic carbocycles. The minimum absolute atomic E-state index is 0.117. The summed E-state index contributed by atoms with van der Waals surface area (Å²) in [5.41, 5.74) is 1.45. The van der Waals surface area contributed by atoms with E-state index in [1.165, 1.54) is 0 Å². The number of anilines is 1. The molecule has 0 aliphatic rings. The highest BCUT2D eigenvalue weighted by molar-refractivity contribution is 7.80. The smallest absolute Gasteiger partial charge is 0.257 e. The van der Waals surface area contributed by atoms with Crippen LogP contribution in [0.4, 0.5) is 5.69 Å². The van der Waals surface area contributed by atoms with Crippen LogP contribution in [0.5, 0.6) is 5.75 Å². The van der Waals surface area contributed by atoms with Crippen LogP contribution in [0.2, 0.25) is 0 Å². The molecule has 29 heavy (non-hydrogen) atoms. The Morgan fingerprint density at radius 2 is 1.72 bits per heavy atom. The van der Waals surface area contributed by atoms with Gasteiger partial charge in [-0.25, -0.2) is 0 Å². The van der Waals surface area contributed by atoms with E-state index in [1.807, 2.05) is 6.92 Å². The molecule has 0 radical (unpaired) electrons. The van der Waals surface area contributed by atoms with Gasteiger partial charge in [-0.2, -0.15) is 0 Å². The summed E-state index contributed by atoms with van der Waals surface area (Å²) in [5, 5.41) is 8.51. The number of rotatable bonds is 8. The van der Waals surface area contributed by atoms with Gasteiger partial charge in [-0.1, -0.05) is 32.9 Å². The van der Waals surface area contributed by atoms with Gasteiger partial charge in [0.05, 0.1) is 17.9 Å². The molecule has 0 heterocycles. The van der Waals surface area contributed by atoms with Gasteiger partial charge in [-0.15, -0.1) is 0 Å². The van der Waals surface area contributed by atoms with Crippen molar-refractivity contribution in [2.24, 2.45) is 5.92 Å². The molecule has 0 bridgehead atoms. The normalized spacial score (nSPS) is 10.3. The molecule has 0 aliphatic heterocycles. The first-order valence-electron chi connectivity index (χ1n) is 9.63. The molecule has 2 amide bonds. The molecule has 0 aromatic heterocycles. The lowest BCUT2D eigenvalue weighted by Gasteiger charge is -2.14. The summed E-state index contributed by atoms with van der Waals surface area (Å²) in [4.78, 5) is 24.7. The quantitative estimate of drug-likeness (QED) is 0.571. The van der Waals surface area contributed by atoms with E-state index in [9.17, 15) is 9.59 Å². The highest BCUT2D eigenvalue weighted by Crippen LogP contribution is 2.16. The van der Waals surface area contributed by atoms with E-state index in [1.54, 1.807) is 48.5 Å². The zero-order chi connectivity index (χ0) is 21.2. The van der Waals surface area contributed by atoms with Gasteiger partial charge >= 0.3 is 0 Å². The molecule has 0 spiro atoms. The van der Waals surface area contributed by atoms with E-state index >= 15 is 0 Å².